The van der Waals surface area contributed by atoms with Crippen molar-refractivity contribution in [1.29, 1.82) is 0 Å². The smallest absolute Gasteiger partial charge is 0.314 e. The standard InChI is InChI=1S/C18H24N2O4/c1-23-16-9-12(4-7-15(16)24-18(22)13-5-6-13)10-20-8-2-3-14(11-20)17(19)21/h4,7,9,13-14H,2-3,5-6,8,10-11H2,1H3,(H2,19,21)/t14-/m1/s1. The molecule has 1 aromatic carbocycles. The molecule has 0 unspecified atom stereocenters. The molecule has 0 spiro atoms. The highest BCUT2D eigenvalue weighted by Crippen LogP contribution is 2.34. The van der Waals surface area contributed by atoms with Crippen molar-refractivity contribution in [2.45, 2.75) is 32.2 Å². The third-order valence-corrected chi connectivity index (χ3v) is 4.66. The molecule has 1 aliphatic heterocycles. The Kier molecular flexibility index (Phi) is 5.04. The second-order valence-electron chi connectivity index (χ2n) is 6.66. The van der Waals surface area contributed by atoms with Gasteiger partial charge in [0.15, 0.2) is 11.5 Å². The minimum atomic E-state index is -0.223. The summed E-state index contributed by atoms with van der Waals surface area (Å²) in [6.45, 7) is 2.36. The summed E-state index contributed by atoms with van der Waals surface area (Å²) in [6.07, 6.45) is 3.66. The van der Waals surface area contributed by atoms with Crippen molar-refractivity contribution in [2.75, 3.05) is 20.2 Å². The number of primary amides is 1. The van der Waals surface area contributed by atoms with E-state index in [9.17, 15) is 9.59 Å². The van der Waals surface area contributed by atoms with Gasteiger partial charge in [-0.15, -0.1) is 0 Å². The van der Waals surface area contributed by atoms with Gasteiger partial charge in [0.25, 0.3) is 0 Å². The highest BCUT2D eigenvalue weighted by Gasteiger charge is 2.32. The molecule has 1 atom stereocenters. The zero-order valence-corrected chi connectivity index (χ0v) is 14.0. The molecule has 130 valence electrons. The van der Waals surface area contributed by atoms with Gasteiger partial charge in [0.1, 0.15) is 0 Å². The number of piperidine rings is 1. The van der Waals surface area contributed by atoms with Crippen molar-refractivity contribution in [1.82, 2.24) is 4.90 Å². The first-order valence-electron chi connectivity index (χ1n) is 8.47. The Labute approximate surface area is 141 Å². The first kappa shape index (κ1) is 16.8. The van der Waals surface area contributed by atoms with E-state index in [2.05, 4.69) is 4.90 Å². The minimum absolute atomic E-state index is 0.0495. The van der Waals surface area contributed by atoms with Gasteiger partial charge in [0.2, 0.25) is 5.91 Å². The minimum Gasteiger partial charge on any atom is -0.493 e. The second-order valence-corrected chi connectivity index (χ2v) is 6.66. The third kappa shape index (κ3) is 4.06. The molecular formula is C18H24N2O4. The van der Waals surface area contributed by atoms with Crippen molar-refractivity contribution >= 4 is 11.9 Å². The van der Waals surface area contributed by atoms with Gasteiger partial charge in [-0.1, -0.05) is 6.07 Å². The number of hydrogen-bond acceptors (Lipinski definition) is 5. The molecule has 1 heterocycles. The Hall–Kier alpha value is -2.08. The van der Waals surface area contributed by atoms with Gasteiger partial charge in [-0.25, -0.2) is 0 Å². The van der Waals surface area contributed by atoms with E-state index < -0.39 is 0 Å². The van der Waals surface area contributed by atoms with Crippen LogP contribution in [0.4, 0.5) is 0 Å². The van der Waals surface area contributed by atoms with Gasteiger partial charge in [0, 0.05) is 13.1 Å². The molecule has 2 fully saturated rings. The molecule has 0 radical (unpaired) electrons. The van der Waals surface area contributed by atoms with Crippen LogP contribution in [-0.2, 0) is 16.1 Å². The van der Waals surface area contributed by atoms with Gasteiger partial charge in [-0.2, -0.15) is 0 Å². The number of rotatable bonds is 6. The summed E-state index contributed by atoms with van der Waals surface area (Å²) in [7, 11) is 1.57. The number of carbonyl (C=O) groups excluding carboxylic acids is 2. The zero-order valence-electron chi connectivity index (χ0n) is 14.0. The van der Waals surface area contributed by atoms with Crippen LogP contribution in [0.5, 0.6) is 11.5 Å². The number of methoxy groups -OCH3 is 1. The second kappa shape index (κ2) is 7.21. The Morgan fingerprint density at radius 1 is 1.21 bits per heavy atom. The maximum Gasteiger partial charge on any atom is 0.314 e. The lowest BCUT2D eigenvalue weighted by atomic mass is 9.97. The summed E-state index contributed by atoms with van der Waals surface area (Å²) >= 11 is 0. The third-order valence-electron chi connectivity index (χ3n) is 4.66. The van der Waals surface area contributed by atoms with E-state index in [1.54, 1.807) is 13.2 Å². The Morgan fingerprint density at radius 2 is 2.00 bits per heavy atom. The summed E-state index contributed by atoms with van der Waals surface area (Å²) in [5.41, 5.74) is 6.49. The van der Waals surface area contributed by atoms with E-state index in [-0.39, 0.29) is 23.7 Å². The van der Waals surface area contributed by atoms with Crippen LogP contribution in [-0.4, -0.2) is 37.0 Å². The molecule has 1 aromatic rings. The van der Waals surface area contributed by atoms with Gasteiger partial charge >= 0.3 is 5.97 Å². The van der Waals surface area contributed by atoms with E-state index in [4.69, 9.17) is 15.2 Å². The quantitative estimate of drug-likeness (QED) is 0.633. The lowest BCUT2D eigenvalue weighted by molar-refractivity contribution is -0.135. The number of ether oxygens (including phenoxy) is 2. The van der Waals surface area contributed by atoms with E-state index in [1.807, 2.05) is 12.1 Å². The number of hydrogen-bond donors (Lipinski definition) is 1. The van der Waals surface area contributed by atoms with Crippen molar-refractivity contribution < 1.29 is 19.1 Å². The first-order valence-corrected chi connectivity index (χ1v) is 8.47. The van der Waals surface area contributed by atoms with Crippen LogP contribution in [0.1, 0.15) is 31.2 Å². The summed E-state index contributed by atoms with van der Waals surface area (Å²) in [5, 5.41) is 0. The van der Waals surface area contributed by atoms with Gasteiger partial charge < -0.3 is 15.2 Å². The van der Waals surface area contributed by atoms with Crippen LogP contribution in [0.25, 0.3) is 0 Å². The molecule has 24 heavy (non-hydrogen) atoms. The fraction of sp³-hybridized carbons (Fsp3) is 0.556. The number of likely N-dealkylation sites (tertiary alicyclic amines) is 1. The van der Waals surface area contributed by atoms with Gasteiger partial charge in [-0.3, -0.25) is 14.5 Å². The summed E-state index contributed by atoms with van der Waals surface area (Å²) in [5.74, 6) is 0.602. The maximum atomic E-state index is 11.8. The van der Waals surface area contributed by atoms with Crippen LogP contribution in [0.3, 0.4) is 0 Å². The lowest BCUT2D eigenvalue weighted by Gasteiger charge is -2.31. The van der Waals surface area contributed by atoms with Crippen LogP contribution in [0.15, 0.2) is 18.2 Å². The van der Waals surface area contributed by atoms with Crippen molar-refractivity contribution in [3.05, 3.63) is 23.8 Å². The number of esters is 1. The Bertz CT molecular complexity index is 627. The fourth-order valence-electron chi connectivity index (χ4n) is 3.09. The summed E-state index contributed by atoms with van der Waals surface area (Å²) in [4.78, 5) is 25.4. The first-order chi connectivity index (χ1) is 11.6. The van der Waals surface area contributed by atoms with E-state index >= 15 is 0 Å². The van der Waals surface area contributed by atoms with Crippen LogP contribution in [0, 0.1) is 11.8 Å². The monoisotopic (exact) mass is 332 g/mol. The SMILES string of the molecule is COc1cc(CN2CCC[C@@H](C(N)=O)C2)ccc1OC(=O)C1CC1. The Balaban J connectivity index is 1.65. The number of carbonyl (C=O) groups is 2. The molecule has 1 aliphatic carbocycles. The molecule has 1 saturated heterocycles. The molecule has 2 aliphatic rings. The molecule has 0 aromatic heterocycles. The van der Waals surface area contributed by atoms with Crippen LogP contribution in [0.2, 0.25) is 0 Å². The number of benzene rings is 1. The molecule has 2 N–H and O–H groups in total. The normalized spacial score (nSPS) is 21.3. The molecule has 6 heteroatoms. The van der Waals surface area contributed by atoms with Crippen molar-refractivity contribution in [3.63, 3.8) is 0 Å². The van der Waals surface area contributed by atoms with Crippen molar-refractivity contribution in [3.8, 4) is 11.5 Å². The van der Waals surface area contributed by atoms with Crippen molar-refractivity contribution in [2.24, 2.45) is 17.6 Å². The molecular weight excluding hydrogens is 308 g/mol. The number of nitrogens with two attached hydrogens (primary N) is 1. The number of nitrogens with zero attached hydrogens (tertiary/aromatic N) is 1. The molecule has 0 bridgehead atoms. The van der Waals surface area contributed by atoms with Gasteiger partial charge in [0.05, 0.1) is 18.9 Å². The zero-order chi connectivity index (χ0) is 17.1. The fourth-order valence-corrected chi connectivity index (χ4v) is 3.09. The topological polar surface area (TPSA) is 81.9 Å². The summed E-state index contributed by atoms with van der Waals surface area (Å²) < 4.78 is 10.8. The van der Waals surface area contributed by atoms with E-state index in [0.29, 0.717) is 18.0 Å². The summed E-state index contributed by atoms with van der Waals surface area (Å²) in [6, 6.07) is 5.61. The van der Waals surface area contributed by atoms with Crippen LogP contribution >= 0.6 is 0 Å². The van der Waals surface area contributed by atoms with Crippen LogP contribution < -0.4 is 15.2 Å². The van der Waals surface area contributed by atoms with E-state index in [0.717, 1.165) is 44.3 Å². The predicted molar refractivity (Wildman–Crippen MR) is 88.5 cm³/mol. The highest BCUT2D eigenvalue weighted by atomic mass is 16.6. The number of amides is 1. The highest BCUT2D eigenvalue weighted by molar-refractivity contribution is 5.78. The van der Waals surface area contributed by atoms with Gasteiger partial charge in [-0.05, 0) is 49.9 Å². The largest absolute Gasteiger partial charge is 0.493 e. The average Bonchev–Trinajstić information content (AvgIpc) is 3.41. The maximum absolute atomic E-state index is 11.8. The predicted octanol–water partition coefficient (Wildman–Crippen LogP) is 1.71. The average molecular weight is 332 g/mol. The molecule has 3 rings (SSSR count). The Morgan fingerprint density at radius 3 is 2.67 bits per heavy atom. The molecule has 1 saturated carbocycles. The molecule has 1 amide bonds. The lowest BCUT2D eigenvalue weighted by Crippen LogP contribution is -2.40. The molecule has 6 nitrogen and oxygen atoms in total. The van der Waals surface area contributed by atoms with E-state index in [1.165, 1.54) is 0 Å².